The summed E-state index contributed by atoms with van der Waals surface area (Å²) >= 11 is 0. The van der Waals surface area contributed by atoms with Gasteiger partial charge in [-0.25, -0.2) is 8.42 Å². The van der Waals surface area contributed by atoms with Gasteiger partial charge in [-0.3, -0.25) is 4.90 Å². The van der Waals surface area contributed by atoms with Crippen LogP contribution in [0.15, 0.2) is 30.3 Å². The maximum atomic E-state index is 11.7. The van der Waals surface area contributed by atoms with Crippen LogP contribution in [-0.4, -0.2) is 50.6 Å². The molecule has 4 nitrogen and oxygen atoms in total. The van der Waals surface area contributed by atoms with Crippen LogP contribution < -0.4 is 0 Å². The molecule has 112 valence electrons. The highest BCUT2D eigenvalue weighted by molar-refractivity contribution is 7.91. The number of hydrogen-bond acceptors (Lipinski definition) is 4. The van der Waals surface area contributed by atoms with Crippen LogP contribution in [0.3, 0.4) is 0 Å². The van der Waals surface area contributed by atoms with E-state index in [1.165, 1.54) is 5.56 Å². The Labute approximate surface area is 121 Å². The Kier molecular flexibility index (Phi) is 5.18. The molecule has 0 spiro atoms. The average Bonchev–Trinajstić information content (AvgIpc) is 2.46. The summed E-state index contributed by atoms with van der Waals surface area (Å²) in [4.78, 5) is 2.23. The Morgan fingerprint density at radius 1 is 1.30 bits per heavy atom. The number of ether oxygens (including phenoxy) is 1. The van der Waals surface area contributed by atoms with E-state index < -0.39 is 9.84 Å². The summed E-state index contributed by atoms with van der Waals surface area (Å²) in [6.07, 6.45) is 0.152. The highest BCUT2D eigenvalue weighted by Gasteiger charge is 2.28. The molecule has 0 aliphatic carbocycles. The Hall–Kier alpha value is -0.910. The Morgan fingerprint density at radius 3 is 2.65 bits per heavy atom. The lowest BCUT2D eigenvalue weighted by Gasteiger charge is -2.38. The minimum absolute atomic E-state index is 0.152. The predicted molar refractivity (Wildman–Crippen MR) is 80.5 cm³/mol. The third kappa shape index (κ3) is 4.04. The van der Waals surface area contributed by atoms with E-state index in [1.54, 1.807) is 6.92 Å². The van der Waals surface area contributed by atoms with Gasteiger partial charge in [-0.1, -0.05) is 37.3 Å². The zero-order valence-corrected chi connectivity index (χ0v) is 13.0. The number of benzene rings is 1. The highest BCUT2D eigenvalue weighted by Crippen LogP contribution is 2.25. The van der Waals surface area contributed by atoms with Gasteiger partial charge in [0.15, 0.2) is 9.84 Å². The van der Waals surface area contributed by atoms with E-state index in [0.717, 1.165) is 6.54 Å². The second kappa shape index (κ2) is 6.70. The van der Waals surface area contributed by atoms with Crippen molar-refractivity contribution < 1.29 is 13.2 Å². The van der Waals surface area contributed by atoms with Crippen LogP contribution in [0, 0.1) is 0 Å². The minimum atomic E-state index is -2.92. The number of nitrogens with zero attached hydrogens (tertiary/aromatic N) is 1. The van der Waals surface area contributed by atoms with E-state index in [4.69, 9.17) is 4.74 Å². The number of morpholine rings is 1. The first-order chi connectivity index (χ1) is 9.52. The van der Waals surface area contributed by atoms with E-state index in [-0.39, 0.29) is 23.7 Å². The zero-order valence-electron chi connectivity index (χ0n) is 12.2. The Bertz CT molecular complexity index is 515. The smallest absolute Gasteiger partial charge is 0.151 e. The summed E-state index contributed by atoms with van der Waals surface area (Å²) in [5.41, 5.74) is 1.19. The van der Waals surface area contributed by atoms with Crippen molar-refractivity contribution in [2.75, 3.05) is 31.2 Å². The molecule has 1 fully saturated rings. The fraction of sp³-hybridized carbons (Fsp3) is 0.600. The van der Waals surface area contributed by atoms with Crippen molar-refractivity contribution in [2.24, 2.45) is 0 Å². The van der Waals surface area contributed by atoms with Gasteiger partial charge in [-0.05, 0) is 12.5 Å². The molecule has 0 saturated carbocycles. The predicted octanol–water partition coefficient (Wildman–Crippen LogP) is 1.88. The van der Waals surface area contributed by atoms with Crippen molar-refractivity contribution in [1.29, 1.82) is 0 Å². The molecule has 5 heteroatoms. The van der Waals surface area contributed by atoms with E-state index in [1.807, 2.05) is 25.1 Å². The second-order valence-corrected chi connectivity index (χ2v) is 7.77. The van der Waals surface area contributed by atoms with Crippen LogP contribution in [-0.2, 0) is 14.6 Å². The second-order valence-electron chi connectivity index (χ2n) is 5.30. The van der Waals surface area contributed by atoms with E-state index in [0.29, 0.717) is 13.2 Å². The van der Waals surface area contributed by atoms with Crippen LogP contribution in [0.2, 0.25) is 0 Å². The monoisotopic (exact) mass is 297 g/mol. The molecule has 0 amide bonds. The lowest BCUT2D eigenvalue weighted by molar-refractivity contribution is -0.0538. The minimum Gasteiger partial charge on any atom is -0.375 e. The van der Waals surface area contributed by atoms with Crippen molar-refractivity contribution in [3.63, 3.8) is 0 Å². The van der Waals surface area contributed by atoms with Crippen LogP contribution >= 0.6 is 0 Å². The van der Waals surface area contributed by atoms with Crippen LogP contribution in [0.25, 0.3) is 0 Å². The average molecular weight is 297 g/mol. The van der Waals surface area contributed by atoms with Gasteiger partial charge >= 0.3 is 0 Å². The third-order valence-electron chi connectivity index (χ3n) is 3.78. The molecule has 1 aliphatic heterocycles. The van der Waals surface area contributed by atoms with Gasteiger partial charge in [0, 0.05) is 18.8 Å². The molecule has 2 rings (SSSR count). The van der Waals surface area contributed by atoms with Crippen molar-refractivity contribution in [3.8, 4) is 0 Å². The molecule has 1 heterocycles. The van der Waals surface area contributed by atoms with Crippen LogP contribution in [0.4, 0.5) is 0 Å². The van der Waals surface area contributed by atoms with Crippen molar-refractivity contribution in [3.05, 3.63) is 35.9 Å². The molecule has 0 N–H and O–H groups in total. The molecule has 2 atom stereocenters. The molecule has 0 radical (unpaired) electrons. The lowest BCUT2D eigenvalue weighted by Crippen LogP contribution is -2.45. The van der Waals surface area contributed by atoms with Gasteiger partial charge in [0.2, 0.25) is 0 Å². The molecule has 1 aliphatic rings. The summed E-state index contributed by atoms with van der Waals surface area (Å²) in [5, 5.41) is 0. The fourth-order valence-electron chi connectivity index (χ4n) is 2.50. The molecule has 0 bridgehead atoms. The van der Waals surface area contributed by atoms with Crippen molar-refractivity contribution in [1.82, 2.24) is 4.90 Å². The van der Waals surface area contributed by atoms with Crippen molar-refractivity contribution >= 4 is 9.84 Å². The van der Waals surface area contributed by atoms with E-state index in [9.17, 15) is 8.42 Å². The molecule has 1 aromatic carbocycles. The van der Waals surface area contributed by atoms with Gasteiger partial charge in [0.25, 0.3) is 0 Å². The quantitative estimate of drug-likeness (QED) is 0.832. The molecule has 0 unspecified atom stereocenters. The summed E-state index contributed by atoms with van der Waals surface area (Å²) < 4.78 is 29.2. The van der Waals surface area contributed by atoms with Gasteiger partial charge in [0.05, 0.1) is 24.5 Å². The molecule has 1 aromatic rings. The molecule has 1 saturated heterocycles. The topological polar surface area (TPSA) is 46.6 Å². The van der Waals surface area contributed by atoms with Gasteiger partial charge in [-0.2, -0.15) is 0 Å². The van der Waals surface area contributed by atoms with E-state index >= 15 is 0 Å². The fourth-order valence-corrected chi connectivity index (χ4v) is 3.30. The summed E-state index contributed by atoms with van der Waals surface area (Å²) in [5.74, 6) is 0.433. The number of rotatable bonds is 5. The molecule has 20 heavy (non-hydrogen) atoms. The maximum Gasteiger partial charge on any atom is 0.151 e. The number of hydrogen-bond donors (Lipinski definition) is 0. The Balaban J connectivity index is 2.09. The highest BCUT2D eigenvalue weighted by atomic mass is 32.2. The molecular formula is C15H23NO3S. The SMILES string of the molecule is CCS(=O)(=O)CCN1C[C@H](C)OC[C@@H]1c1ccccc1. The number of sulfone groups is 1. The lowest BCUT2D eigenvalue weighted by atomic mass is 10.0. The van der Waals surface area contributed by atoms with Gasteiger partial charge in [0.1, 0.15) is 0 Å². The zero-order chi connectivity index (χ0) is 14.6. The van der Waals surface area contributed by atoms with Crippen LogP contribution in [0.1, 0.15) is 25.5 Å². The van der Waals surface area contributed by atoms with Crippen molar-refractivity contribution in [2.45, 2.75) is 26.0 Å². The normalized spacial score (nSPS) is 24.7. The molecular weight excluding hydrogens is 274 g/mol. The van der Waals surface area contributed by atoms with E-state index in [2.05, 4.69) is 17.0 Å². The van der Waals surface area contributed by atoms with Crippen LogP contribution in [0.5, 0.6) is 0 Å². The van der Waals surface area contributed by atoms with Gasteiger partial charge in [-0.15, -0.1) is 0 Å². The summed E-state index contributed by atoms with van der Waals surface area (Å²) in [6.45, 7) is 5.70. The first-order valence-corrected chi connectivity index (χ1v) is 8.95. The summed E-state index contributed by atoms with van der Waals surface area (Å²) in [7, 11) is -2.92. The first kappa shape index (κ1) is 15.5. The summed E-state index contributed by atoms with van der Waals surface area (Å²) in [6, 6.07) is 10.3. The van der Waals surface area contributed by atoms with Gasteiger partial charge < -0.3 is 4.74 Å². The maximum absolute atomic E-state index is 11.7. The largest absolute Gasteiger partial charge is 0.375 e. The standard InChI is InChI=1S/C15H23NO3S/c1-3-20(17,18)10-9-16-11-13(2)19-12-15(16)14-7-5-4-6-8-14/h4-8,13,15H,3,9-12H2,1-2H3/t13-,15+/m0/s1. The Morgan fingerprint density at radius 2 is 2.00 bits per heavy atom. The molecule has 0 aromatic heterocycles. The third-order valence-corrected chi connectivity index (χ3v) is 5.47. The first-order valence-electron chi connectivity index (χ1n) is 7.13.